The highest BCUT2D eigenvalue weighted by atomic mass is 35.5. The van der Waals surface area contributed by atoms with Crippen molar-refractivity contribution in [1.82, 2.24) is 14.9 Å². The number of aromatic nitrogens is 2. The maximum atomic E-state index is 12.1. The minimum Gasteiger partial charge on any atom is -0.331 e. The lowest BCUT2D eigenvalue weighted by atomic mass is 10.3. The first-order valence-electron chi connectivity index (χ1n) is 6.24. The Hall–Kier alpha value is -2.18. The first-order chi connectivity index (χ1) is 10.5. The second kappa shape index (κ2) is 7.20. The van der Waals surface area contributed by atoms with E-state index < -0.39 is 11.8 Å². The number of anilines is 1. The van der Waals surface area contributed by atoms with E-state index in [1.54, 1.807) is 18.2 Å². The van der Waals surface area contributed by atoms with Crippen LogP contribution >= 0.6 is 23.2 Å². The van der Waals surface area contributed by atoms with E-state index in [0.717, 1.165) is 0 Å². The van der Waals surface area contributed by atoms with Crippen LogP contribution in [0.25, 0.3) is 0 Å². The van der Waals surface area contributed by atoms with Crippen LogP contribution in [-0.4, -0.2) is 40.3 Å². The Bertz CT molecular complexity index is 674. The summed E-state index contributed by atoms with van der Waals surface area (Å²) in [6, 6.07) is 4.89. The molecule has 22 heavy (non-hydrogen) atoms. The summed E-state index contributed by atoms with van der Waals surface area (Å²) in [4.78, 5) is 33.0. The minimum atomic E-state index is -0.422. The number of hydrogen-bond acceptors (Lipinski definition) is 4. The van der Waals surface area contributed by atoms with Crippen LogP contribution in [0.5, 0.6) is 0 Å². The molecule has 2 rings (SSSR count). The number of hydrogen-bond donors (Lipinski definition) is 1. The maximum absolute atomic E-state index is 12.1. The number of nitrogens with zero attached hydrogens (tertiary/aromatic N) is 3. The van der Waals surface area contributed by atoms with Gasteiger partial charge in [0, 0.05) is 19.4 Å². The van der Waals surface area contributed by atoms with E-state index in [0.29, 0.717) is 15.7 Å². The summed E-state index contributed by atoms with van der Waals surface area (Å²) in [5, 5.41) is 3.23. The van der Waals surface area contributed by atoms with Gasteiger partial charge in [0.05, 0.1) is 28.5 Å². The SMILES string of the molecule is CN(CC(=O)Nc1c(Cl)cccc1Cl)C(=O)c1cnccn1. The molecule has 114 valence electrons. The van der Waals surface area contributed by atoms with Gasteiger partial charge < -0.3 is 10.2 Å². The van der Waals surface area contributed by atoms with Crippen molar-refractivity contribution >= 4 is 40.7 Å². The normalized spacial score (nSPS) is 10.1. The van der Waals surface area contributed by atoms with Crippen molar-refractivity contribution in [3.63, 3.8) is 0 Å². The standard InChI is InChI=1S/C14H12Cl2N4O2/c1-20(14(22)11-7-17-5-6-18-11)8-12(21)19-13-9(15)3-2-4-10(13)16/h2-7H,8H2,1H3,(H,19,21). The van der Waals surface area contributed by atoms with Crippen molar-refractivity contribution in [3.8, 4) is 0 Å². The summed E-state index contributed by atoms with van der Waals surface area (Å²) in [6.45, 7) is -0.170. The molecule has 0 radical (unpaired) electrons. The van der Waals surface area contributed by atoms with Crippen LogP contribution in [0.2, 0.25) is 10.0 Å². The van der Waals surface area contributed by atoms with E-state index in [4.69, 9.17) is 23.2 Å². The zero-order chi connectivity index (χ0) is 16.1. The Kier molecular flexibility index (Phi) is 5.30. The number of carbonyl (C=O) groups excluding carboxylic acids is 2. The molecule has 1 N–H and O–H groups in total. The molecule has 0 atom stereocenters. The van der Waals surface area contributed by atoms with Crippen LogP contribution in [0, 0.1) is 0 Å². The molecule has 0 saturated heterocycles. The first-order valence-corrected chi connectivity index (χ1v) is 7.00. The van der Waals surface area contributed by atoms with Crippen LogP contribution in [0.3, 0.4) is 0 Å². The maximum Gasteiger partial charge on any atom is 0.274 e. The Labute approximate surface area is 137 Å². The molecule has 1 aromatic carbocycles. The van der Waals surface area contributed by atoms with Gasteiger partial charge in [-0.1, -0.05) is 29.3 Å². The summed E-state index contributed by atoms with van der Waals surface area (Å²) in [5.41, 5.74) is 0.477. The highest BCUT2D eigenvalue weighted by molar-refractivity contribution is 6.39. The number of amides is 2. The van der Waals surface area contributed by atoms with Crippen LogP contribution in [0.15, 0.2) is 36.8 Å². The van der Waals surface area contributed by atoms with Crippen molar-refractivity contribution in [2.24, 2.45) is 0 Å². The van der Waals surface area contributed by atoms with Gasteiger partial charge >= 0.3 is 0 Å². The lowest BCUT2D eigenvalue weighted by molar-refractivity contribution is -0.116. The Morgan fingerprint density at radius 2 is 1.91 bits per heavy atom. The van der Waals surface area contributed by atoms with Gasteiger partial charge in [-0.2, -0.15) is 0 Å². The highest BCUT2D eigenvalue weighted by Crippen LogP contribution is 2.29. The van der Waals surface area contributed by atoms with Gasteiger partial charge in [-0.3, -0.25) is 14.6 Å². The summed E-state index contributed by atoms with van der Waals surface area (Å²) < 4.78 is 0. The van der Waals surface area contributed by atoms with E-state index in [1.807, 2.05) is 0 Å². The van der Waals surface area contributed by atoms with Crippen molar-refractivity contribution in [2.45, 2.75) is 0 Å². The van der Waals surface area contributed by atoms with Gasteiger partial charge in [-0.15, -0.1) is 0 Å². The second-order valence-corrected chi connectivity index (χ2v) is 5.21. The lowest BCUT2D eigenvalue weighted by Gasteiger charge is -2.16. The molecular formula is C14H12Cl2N4O2. The van der Waals surface area contributed by atoms with Gasteiger partial charge in [0.15, 0.2) is 0 Å². The van der Waals surface area contributed by atoms with Crippen molar-refractivity contribution < 1.29 is 9.59 Å². The fourth-order valence-corrected chi connectivity index (χ4v) is 2.18. The molecule has 0 aliphatic rings. The average molecular weight is 339 g/mol. The Morgan fingerprint density at radius 1 is 1.23 bits per heavy atom. The zero-order valence-electron chi connectivity index (χ0n) is 11.6. The molecular weight excluding hydrogens is 327 g/mol. The van der Waals surface area contributed by atoms with Crippen LogP contribution in [0.1, 0.15) is 10.5 Å². The minimum absolute atomic E-state index is 0.161. The third-order valence-corrected chi connectivity index (χ3v) is 3.37. The van der Waals surface area contributed by atoms with Crippen molar-refractivity contribution in [3.05, 3.63) is 52.5 Å². The number of likely N-dealkylation sites (N-methyl/N-ethyl adjacent to an activating group) is 1. The third kappa shape index (κ3) is 3.93. The quantitative estimate of drug-likeness (QED) is 0.929. The molecule has 0 fully saturated rings. The van der Waals surface area contributed by atoms with Crippen LogP contribution in [-0.2, 0) is 4.79 Å². The monoisotopic (exact) mass is 338 g/mol. The van der Waals surface area contributed by atoms with Gasteiger partial charge in [0.2, 0.25) is 5.91 Å². The molecule has 0 saturated carbocycles. The molecule has 0 spiro atoms. The fraction of sp³-hybridized carbons (Fsp3) is 0.143. The molecule has 1 heterocycles. The van der Waals surface area contributed by atoms with E-state index in [9.17, 15) is 9.59 Å². The summed E-state index contributed by atoms with van der Waals surface area (Å²) >= 11 is 11.9. The molecule has 0 aliphatic heterocycles. The lowest BCUT2D eigenvalue weighted by Crippen LogP contribution is -2.35. The fourth-order valence-electron chi connectivity index (χ4n) is 1.69. The van der Waals surface area contributed by atoms with Gasteiger partial charge in [0.25, 0.3) is 5.91 Å². The number of para-hydroxylation sites is 1. The zero-order valence-corrected chi connectivity index (χ0v) is 13.1. The first kappa shape index (κ1) is 16.2. The molecule has 0 unspecified atom stereocenters. The number of halogens is 2. The predicted octanol–water partition coefficient (Wildman–Crippen LogP) is 2.49. The van der Waals surface area contributed by atoms with Crippen LogP contribution in [0.4, 0.5) is 5.69 Å². The second-order valence-electron chi connectivity index (χ2n) is 4.40. The van der Waals surface area contributed by atoms with E-state index >= 15 is 0 Å². The largest absolute Gasteiger partial charge is 0.331 e. The molecule has 6 nitrogen and oxygen atoms in total. The van der Waals surface area contributed by atoms with Crippen molar-refractivity contribution in [1.29, 1.82) is 0 Å². The third-order valence-electron chi connectivity index (χ3n) is 2.74. The van der Waals surface area contributed by atoms with E-state index in [2.05, 4.69) is 15.3 Å². The molecule has 8 heteroatoms. The van der Waals surface area contributed by atoms with Crippen LogP contribution < -0.4 is 5.32 Å². The van der Waals surface area contributed by atoms with Gasteiger partial charge in [-0.25, -0.2) is 4.98 Å². The van der Waals surface area contributed by atoms with E-state index in [-0.39, 0.29) is 12.2 Å². The summed E-state index contributed by atoms with van der Waals surface area (Å²) in [6.07, 6.45) is 4.20. The molecule has 0 bridgehead atoms. The summed E-state index contributed by atoms with van der Waals surface area (Å²) in [7, 11) is 1.49. The summed E-state index contributed by atoms with van der Waals surface area (Å²) in [5.74, 6) is -0.830. The number of carbonyl (C=O) groups is 2. The molecule has 2 aromatic rings. The average Bonchev–Trinajstić information content (AvgIpc) is 2.51. The number of benzene rings is 1. The van der Waals surface area contributed by atoms with E-state index in [1.165, 1.54) is 30.5 Å². The number of nitrogens with one attached hydrogen (secondary N) is 1. The van der Waals surface area contributed by atoms with Crippen molar-refractivity contribution in [2.75, 3.05) is 18.9 Å². The molecule has 1 aromatic heterocycles. The highest BCUT2D eigenvalue weighted by Gasteiger charge is 2.17. The number of rotatable bonds is 4. The molecule has 2 amide bonds. The Balaban J connectivity index is 2.01. The van der Waals surface area contributed by atoms with Gasteiger partial charge in [0.1, 0.15) is 5.69 Å². The van der Waals surface area contributed by atoms with Gasteiger partial charge in [-0.05, 0) is 12.1 Å². The topological polar surface area (TPSA) is 75.2 Å². The molecule has 0 aliphatic carbocycles. The predicted molar refractivity (Wildman–Crippen MR) is 84.1 cm³/mol. The smallest absolute Gasteiger partial charge is 0.274 e. The Morgan fingerprint density at radius 3 is 2.50 bits per heavy atom.